The maximum absolute atomic E-state index is 12.8. The SMILES string of the molecule is O=C(N/N=C\c1ccc(O)cc1)c1cc(-c2ccc([N+](=O)[O-])s2)nc2ccccc12. The molecule has 0 spiro atoms. The van der Waals surface area contributed by atoms with Crippen LogP contribution in [0.5, 0.6) is 5.75 Å². The van der Waals surface area contributed by atoms with E-state index in [1.165, 1.54) is 24.4 Å². The summed E-state index contributed by atoms with van der Waals surface area (Å²) in [5.74, 6) is -0.295. The monoisotopic (exact) mass is 418 g/mol. The molecule has 0 aliphatic rings. The van der Waals surface area contributed by atoms with Gasteiger partial charge in [-0.15, -0.1) is 0 Å². The van der Waals surface area contributed by atoms with Gasteiger partial charge in [-0.25, -0.2) is 10.4 Å². The molecule has 2 aromatic heterocycles. The Morgan fingerprint density at radius 2 is 1.90 bits per heavy atom. The molecule has 0 saturated heterocycles. The number of nitrogens with one attached hydrogen (secondary N) is 1. The van der Waals surface area contributed by atoms with Crippen LogP contribution in [0, 0.1) is 10.1 Å². The number of pyridine rings is 1. The smallest absolute Gasteiger partial charge is 0.324 e. The summed E-state index contributed by atoms with van der Waals surface area (Å²) in [6.07, 6.45) is 1.46. The van der Waals surface area contributed by atoms with Gasteiger partial charge in [0.15, 0.2) is 0 Å². The van der Waals surface area contributed by atoms with Crippen molar-refractivity contribution in [2.75, 3.05) is 0 Å². The molecule has 2 aromatic carbocycles. The van der Waals surface area contributed by atoms with Crippen LogP contribution in [0.25, 0.3) is 21.5 Å². The number of fused-ring (bicyclic) bond motifs is 1. The molecule has 0 unspecified atom stereocenters. The molecule has 2 N–H and O–H groups in total. The molecule has 2 heterocycles. The molecule has 4 rings (SSSR count). The standard InChI is InChI=1S/C21H14N4O4S/c26-14-7-5-13(6-8-14)12-22-24-21(27)16-11-18(19-9-10-20(30-19)25(28)29)23-17-4-2-1-3-15(16)17/h1-12,26H,(H,24,27)/b22-12-. The van der Waals surface area contributed by atoms with E-state index in [1.54, 1.807) is 48.5 Å². The van der Waals surface area contributed by atoms with Gasteiger partial charge >= 0.3 is 5.00 Å². The van der Waals surface area contributed by atoms with Crippen LogP contribution in [-0.4, -0.2) is 27.1 Å². The number of aromatic nitrogens is 1. The Kier molecular flexibility index (Phi) is 5.19. The number of nitrogens with zero attached hydrogens (tertiary/aromatic N) is 3. The molecule has 0 fully saturated rings. The molecular formula is C21H14N4O4S. The first-order valence-electron chi connectivity index (χ1n) is 8.78. The van der Waals surface area contributed by atoms with Gasteiger partial charge in [-0.05, 0) is 48.0 Å². The van der Waals surface area contributed by atoms with Crippen LogP contribution in [-0.2, 0) is 0 Å². The van der Waals surface area contributed by atoms with Crippen molar-refractivity contribution in [3.05, 3.63) is 88.0 Å². The summed E-state index contributed by atoms with van der Waals surface area (Å²) in [7, 11) is 0. The van der Waals surface area contributed by atoms with Crippen molar-refractivity contribution in [1.82, 2.24) is 10.4 Å². The van der Waals surface area contributed by atoms with E-state index in [4.69, 9.17) is 0 Å². The minimum Gasteiger partial charge on any atom is -0.508 e. The number of phenols is 1. The van der Waals surface area contributed by atoms with Gasteiger partial charge in [0.25, 0.3) is 5.91 Å². The fourth-order valence-electron chi connectivity index (χ4n) is 2.84. The minimum atomic E-state index is -0.457. The lowest BCUT2D eigenvalue weighted by Gasteiger charge is -2.07. The number of aromatic hydroxyl groups is 1. The summed E-state index contributed by atoms with van der Waals surface area (Å²) in [4.78, 5) is 28.5. The van der Waals surface area contributed by atoms with Gasteiger partial charge < -0.3 is 5.11 Å². The van der Waals surface area contributed by atoms with Gasteiger partial charge in [-0.1, -0.05) is 29.5 Å². The number of hydrogen-bond donors (Lipinski definition) is 2. The molecule has 1 amide bonds. The minimum absolute atomic E-state index is 0.00413. The third kappa shape index (κ3) is 4.01. The number of para-hydroxylation sites is 1. The highest BCUT2D eigenvalue weighted by Gasteiger charge is 2.17. The average molecular weight is 418 g/mol. The Balaban J connectivity index is 1.67. The van der Waals surface area contributed by atoms with Crippen LogP contribution in [0.15, 0.2) is 71.8 Å². The number of rotatable bonds is 5. The van der Waals surface area contributed by atoms with Crippen molar-refractivity contribution in [3.8, 4) is 16.3 Å². The van der Waals surface area contributed by atoms with Crippen LogP contribution >= 0.6 is 11.3 Å². The number of amides is 1. The zero-order chi connectivity index (χ0) is 21.1. The zero-order valence-corrected chi connectivity index (χ0v) is 16.2. The summed E-state index contributed by atoms with van der Waals surface area (Å²) in [5, 5.41) is 24.9. The number of phenolic OH excluding ortho intramolecular Hbond substituents is 1. The molecule has 148 valence electrons. The molecule has 0 aliphatic carbocycles. The normalized spacial score (nSPS) is 11.1. The lowest BCUT2D eigenvalue weighted by molar-refractivity contribution is -0.380. The molecule has 8 nitrogen and oxygen atoms in total. The van der Waals surface area contributed by atoms with Crippen molar-refractivity contribution in [2.24, 2.45) is 5.10 Å². The van der Waals surface area contributed by atoms with E-state index in [0.717, 1.165) is 11.3 Å². The molecule has 0 radical (unpaired) electrons. The fourth-order valence-corrected chi connectivity index (χ4v) is 3.62. The van der Waals surface area contributed by atoms with E-state index >= 15 is 0 Å². The van der Waals surface area contributed by atoms with Gasteiger partial charge in [0.2, 0.25) is 0 Å². The topological polar surface area (TPSA) is 118 Å². The summed E-state index contributed by atoms with van der Waals surface area (Å²) in [6, 6.07) is 18.2. The van der Waals surface area contributed by atoms with Gasteiger partial charge in [-0.2, -0.15) is 5.10 Å². The molecule has 0 saturated carbocycles. The Hall–Kier alpha value is -4.11. The number of carbonyl (C=O) groups is 1. The van der Waals surface area contributed by atoms with Crippen molar-refractivity contribution in [3.63, 3.8) is 0 Å². The van der Waals surface area contributed by atoms with E-state index < -0.39 is 10.8 Å². The molecule has 9 heteroatoms. The van der Waals surface area contributed by atoms with E-state index in [-0.39, 0.29) is 10.8 Å². The van der Waals surface area contributed by atoms with Crippen molar-refractivity contribution >= 4 is 39.4 Å². The molecule has 30 heavy (non-hydrogen) atoms. The number of benzene rings is 2. The molecule has 0 bridgehead atoms. The quantitative estimate of drug-likeness (QED) is 0.284. The van der Waals surface area contributed by atoms with Gasteiger partial charge in [0.05, 0.1) is 32.8 Å². The van der Waals surface area contributed by atoms with Crippen molar-refractivity contribution in [2.45, 2.75) is 0 Å². The molecular weight excluding hydrogens is 404 g/mol. The van der Waals surface area contributed by atoms with Crippen LogP contribution in [0.3, 0.4) is 0 Å². The van der Waals surface area contributed by atoms with Crippen LogP contribution in [0.1, 0.15) is 15.9 Å². The highest BCUT2D eigenvalue weighted by molar-refractivity contribution is 7.18. The maximum Gasteiger partial charge on any atom is 0.324 e. The lowest BCUT2D eigenvalue weighted by Crippen LogP contribution is -2.18. The number of nitro groups is 1. The predicted octanol–water partition coefficient (Wildman–Crippen LogP) is 4.34. The van der Waals surface area contributed by atoms with Crippen molar-refractivity contribution < 1.29 is 14.8 Å². The third-order valence-corrected chi connectivity index (χ3v) is 5.32. The van der Waals surface area contributed by atoms with E-state index in [9.17, 15) is 20.0 Å². The number of thiophene rings is 1. The van der Waals surface area contributed by atoms with Crippen molar-refractivity contribution in [1.29, 1.82) is 0 Å². The average Bonchev–Trinajstić information content (AvgIpc) is 3.25. The highest BCUT2D eigenvalue weighted by atomic mass is 32.1. The number of hydrogen-bond acceptors (Lipinski definition) is 7. The largest absolute Gasteiger partial charge is 0.508 e. The summed E-state index contributed by atoms with van der Waals surface area (Å²) in [5.41, 5.74) is 4.62. The van der Waals surface area contributed by atoms with Gasteiger partial charge in [0.1, 0.15) is 5.75 Å². The second-order valence-electron chi connectivity index (χ2n) is 6.26. The Bertz CT molecular complexity index is 1280. The van der Waals surface area contributed by atoms with Crippen LogP contribution in [0.4, 0.5) is 5.00 Å². The Labute approximate surface area is 174 Å². The second kappa shape index (κ2) is 8.10. The summed E-state index contributed by atoms with van der Waals surface area (Å²) < 4.78 is 0. The summed E-state index contributed by atoms with van der Waals surface area (Å²) in [6.45, 7) is 0. The second-order valence-corrected chi connectivity index (χ2v) is 7.32. The van der Waals surface area contributed by atoms with E-state index in [0.29, 0.717) is 32.6 Å². The highest BCUT2D eigenvalue weighted by Crippen LogP contribution is 2.33. The molecule has 0 atom stereocenters. The first-order valence-corrected chi connectivity index (χ1v) is 9.60. The predicted molar refractivity (Wildman–Crippen MR) is 115 cm³/mol. The Morgan fingerprint density at radius 3 is 2.63 bits per heavy atom. The zero-order valence-electron chi connectivity index (χ0n) is 15.4. The van der Waals surface area contributed by atoms with Crippen LogP contribution < -0.4 is 5.43 Å². The Morgan fingerprint density at radius 1 is 1.13 bits per heavy atom. The third-order valence-electron chi connectivity index (χ3n) is 4.26. The number of hydrazone groups is 1. The summed E-state index contributed by atoms with van der Waals surface area (Å²) >= 11 is 0.996. The molecule has 0 aliphatic heterocycles. The van der Waals surface area contributed by atoms with Crippen LogP contribution in [0.2, 0.25) is 0 Å². The molecule has 4 aromatic rings. The number of carbonyl (C=O) groups excluding carboxylic acids is 1. The van der Waals surface area contributed by atoms with Gasteiger partial charge in [-0.3, -0.25) is 14.9 Å². The van der Waals surface area contributed by atoms with Gasteiger partial charge in [0, 0.05) is 11.5 Å². The first-order chi connectivity index (χ1) is 14.5. The first kappa shape index (κ1) is 19.2. The van der Waals surface area contributed by atoms with E-state index in [1.807, 2.05) is 0 Å². The fraction of sp³-hybridized carbons (Fsp3) is 0. The van der Waals surface area contributed by atoms with E-state index in [2.05, 4.69) is 15.5 Å². The lowest BCUT2D eigenvalue weighted by atomic mass is 10.1. The maximum atomic E-state index is 12.8.